The van der Waals surface area contributed by atoms with Crippen molar-refractivity contribution in [2.24, 2.45) is 0 Å². The lowest BCUT2D eigenvalue weighted by Crippen LogP contribution is -2.51. The zero-order chi connectivity index (χ0) is 18.6. The van der Waals surface area contributed by atoms with E-state index in [9.17, 15) is 4.79 Å². The Labute approximate surface area is 161 Å². The molecule has 27 heavy (non-hydrogen) atoms. The van der Waals surface area contributed by atoms with Crippen molar-refractivity contribution < 1.29 is 4.79 Å². The predicted molar refractivity (Wildman–Crippen MR) is 107 cm³/mol. The number of imidazole rings is 1. The first-order valence-electron chi connectivity index (χ1n) is 10.0. The molecule has 0 radical (unpaired) electrons. The second kappa shape index (κ2) is 8.23. The van der Waals surface area contributed by atoms with Crippen molar-refractivity contribution in [3.63, 3.8) is 0 Å². The number of benzene rings is 1. The van der Waals surface area contributed by atoms with Gasteiger partial charge in [0.15, 0.2) is 0 Å². The van der Waals surface area contributed by atoms with Gasteiger partial charge < -0.3 is 9.47 Å². The standard InChI is InChI=1S/C21H29N5O/c1-18-22-8-10-25(18)16-15-23-11-13-24(14-12-23)17-21(27)26-9-4-6-19-5-2-3-7-20(19)26/h2-3,5,7-8,10H,4,6,9,11-17H2,1H3. The maximum atomic E-state index is 12.9. The van der Waals surface area contributed by atoms with Gasteiger partial charge in [-0.3, -0.25) is 14.6 Å². The van der Waals surface area contributed by atoms with E-state index in [4.69, 9.17) is 0 Å². The molecule has 2 aliphatic heterocycles. The Morgan fingerprint density at radius 1 is 1.04 bits per heavy atom. The van der Waals surface area contributed by atoms with Crippen LogP contribution in [0.4, 0.5) is 5.69 Å². The highest BCUT2D eigenvalue weighted by molar-refractivity contribution is 5.95. The molecule has 0 spiro atoms. The minimum absolute atomic E-state index is 0.240. The largest absolute Gasteiger partial charge is 0.334 e. The summed E-state index contributed by atoms with van der Waals surface area (Å²) in [5, 5.41) is 0. The number of fused-ring (bicyclic) bond motifs is 1. The molecule has 0 bridgehead atoms. The average Bonchev–Trinajstić information content (AvgIpc) is 3.12. The Balaban J connectivity index is 1.26. The molecule has 2 aliphatic rings. The normalized spacial score (nSPS) is 18.5. The van der Waals surface area contributed by atoms with Gasteiger partial charge in [-0.25, -0.2) is 4.98 Å². The lowest BCUT2D eigenvalue weighted by molar-refractivity contribution is -0.120. The number of hydrogen-bond acceptors (Lipinski definition) is 4. The molecule has 4 rings (SSSR count). The number of piperazine rings is 1. The zero-order valence-electron chi connectivity index (χ0n) is 16.2. The van der Waals surface area contributed by atoms with Crippen LogP contribution in [0.5, 0.6) is 0 Å². The SMILES string of the molecule is Cc1nccn1CCN1CCN(CC(=O)N2CCCc3ccccc32)CC1. The maximum absolute atomic E-state index is 12.9. The Hall–Kier alpha value is -2.18. The van der Waals surface area contributed by atoms with Crippen LogP contribution >= 0.6 is 0 Å². The average molecular weight is 367 g/mol. The third kappa shape index (κ3) is 4.22. The highest BCUT2D eigenvalue weighted by Crippen LogP contribution is 2.26. The molecular formula is C21H29N5O. The number of aromatic nitrogens is 2. The van der Waals surface area contributed by atoms with E-state index < -0.39 is 0 Å². The van der Waals surface area contributed by atoms with Gasteiger partial charge in [0.1, 0.15) is 5.82 Å². The summed E-state index contributed by atoms with van der Waals surface area (Å²) < 4.78 is 2.20. The third-order valence-corrected chi connectivity index (χ3v) is 5.82. The fraction of sp³-hybridized carbons (Fsp3) is 0.524. The molecule has 144 valence electrons. The minimum atomic E-state index is 0.240. The van der Waals surface area contributed by atoms with Gasteiger partial charge in [0, 0.05) is 63.9 Å². The summed E-state index contributed by atoms with van der Waals surface area (Å²) in [6.45, 7) is 9.42. The lowest BCUT2D eigenvalue weighted by Gasteiger charge is -2.36. The van der Waals surface area contributed by atoms with Gasteiger partial charge in [0.05, 0.1) is 6.54 Å². The summed E-state index contributed by atoms with van der Waals surface area (Å²) in [7, 11) is 0. The number of para-hydroxylation sites is 1. The quantitative estimate of drug-likeness (QED) is 0.808. The first-order chi connectivity index (χ1) is 13.2. The number of hydrogen-bond donors (Lipinski definition) is 0. The first kappa shape index (κ1) is 18.2. The van der Waals surface area contributed by atoms with Gasteiger partial charge in [-0.2, -0.15) is 0 Å². The van der Waals surface area contributed by atoms with Crippen molar-refractivity contribution in [1.29, 1.82) is 0 Å². The molecular weight excluding hydrogens is 338 g/mol. The molecule has 0 atom stereocenters. The van der Waals surface area contributed by atoms with Crippen molar-refractivity contribution in [2.75, 3.05) is 50.7 Å². The highest BCUT2D eigenvalue weighted by Gasteiger charge is 2.25. The van der Waals surface area contributed by atoms with Crippen LogP contribution in [0.2, 0.25) is 0 Å². The Morgan fingerprint density at radius 2 is 1.81 bits per heavy atom. The van der Waals surface area contributed by atoms with Crippen LogP contribution in [0.15, 0.2) is 36.7 Å². The molecule has 1 amide bonds. The van der Waals surface area contributed by atoms with Crippen molar-refractivity contribution in [1.82, 2.24) is 19.4 Å². The molecule has 0 N–H and O–H groups in total. The van der Waals surface area contributed by atoms with Crippen LogP contribution in [0.3, 0.4) is 0 Å². The summed E-state index contributed by atoms with van der Waals surface area (Å²) in [6.07, 6.45) is 6.04. The lowest BCUT2D eigenvalue weighted by atomic mass is 10.0. The van der Waals surface area contributed by atoms with Gasteiger partial charge in [0.25, 0.3) is 0 Å². The second-order valence-corrected chi connectivity index (χ2v) is 7.56. The summed E-state index contributed by atoms with van der Waals surface area (Å²) in [4.78, 5) is 23.9. The van der Waals surface area contributed by atoms with E-state index in [1.165, 1.54) is 5.56 Å². The third-order valence-electron chi connectivity index (χ3n) is 5.82. The Bertz CT molecular complexity index is 778. The Kier molecular flexibility index (Phi) is 5.55. The van der Waals surface area contributed by atoms with Gasteiger partial charge in [-0.05, 0) is 31.4 Å². The maximum Gasteiger partial charge on any atom is 0.241 e. The van der Waals surface area contributed by atoms with Gasteiger partial charge in [-0.15, -0.1) is 0 Å². The smallest absolute Gasteiger partial charge is 0.241 e. The van der Waals surface area contributed by atoms with Crippen LogP contribution < -0.4 is 4.90 Å². The van der Waals surface area contributed by atoms with Crippen LogP contribution in [0.1, 0.15) is 17.8 Å². The molecule has 6 nitrogen and oxygen atoms in total. The number of carbonyl (C=O) groups excluding carboxylic acids is 1. The molecule has 1 saturated heterocycles. The topological polar surface area (TPSA) is 44.6 Å². The van der Waals surface area contributed by atoms with Crippen molar-refractivity contribution in [2.45, 2.75) is 26.3 Å². The summed E-state index contributed by atoms with van der Waals surface area (Å²) in [6, 6.07) is 8.33. The molecule has 0 aliphatic carbocycles. The van der Waals surface area contributed by atoms with E-state index in [1.54, 1.807) is 0 Å². The first-order valence-corrected chi connectivity index (χ1v) is 10.0. The predicted octanol–water partition coefficient (Wildman–Crippen LogP) is 1.79. The molecule has 2 aromatic rings. The van der Waals surface area contributed by atoms with Gasteiger partial charge in [-0.1, -0.05) is 18.2 Å². The zero-order valence-corrected chi connectivity index (χ0v) is 16.2. The van der Waals surface area contributed by atoms with Crippen LogP contribution in [-0.4, -0.2) is 71.1 Å². The summed E-state index contributed by atoms with van der Waals surface area (Å²) in [5.74, 6) is 1.31. The number of rotatable bonds is 5. The molecule has 0 unspecified atom stereocenters. The van der Waals surface area contributed by atoms with E-state index in [-0.39, 0.29) is 5.91 Å². The molecule has 1 aromatic heterocycles. The Morgan fingerprint density at radius 3 is 2.59 bits per heavy atom. The van der Waals surface area contributed by atoms with Crippen molar-refractivity contribution in [3.8, 4) is 0 Å². The fourth-order valence-electron chi connectivity index (χ4n) is 4.13. The number of nitrogens with zero attached hydrogens (tertiary/aromatic N) is 5. The van der Waals surface area contributed by atoms with Crippen molar-refractivity contribution >= 4 is 11.6 Å². The number of aryl methyl sites for hydroxylation is 2. The number of anilines is 1. The van der Waals surface area contributed by atoms with E-state index in [1.807, 2.05) is 30.3 Å². The van der Waals surface area contributed by atoms with E-state index in [0.29, 0.717) is 6.54 Å². The molecule has 0 saturated carbocycles. The number of carbonyl (C=O) groups is 1. The highest BCUT2D eigenvalue weighted by atomic mass is 16.2. The summed E-state index contributed by atoms with van der Waals surface area (Å²) in [5.41, 5.74) is 2.42. The molecule has 1 fully saturated rings. The molecule has 3 heterocycles. The van der Waals surface area contributed by atoms with Crippen molar-refractivity contribution in [3.05, 3.63) is 48.0 Å². The summed E-state index contributed by atoms with van der Waals surface area (Å²) >= 11 is 0. The van der Waals surface area contributed by atoms with Crippen LogP contribution in [0, 0.1) is 6.92 Å². The number of amides is 1. The van der Waals surface area contributed by atoms with Gasteiger partial charge >= 0.3 is 0 Å². The monoisotopic (exact) mass is 367 g/mol. The fourth-order valence-corrected chi connectivity index (χ4v) is 4.13. The van der Waals surface area contributed by atoms with E-state index in [0.717, 1.165) is 70.2 Å². The van der Waals surface area contributed by atoms with E-state index >= 15 is 0 Å². The molecule has 1 aromatic carbocycles. The second-order valence-electron chi connectivity index (χ2n) is 7.56. The van der Waals surface area contributed by atoms with E-state index in [2.05, 4.69) is 37.5 Å². The van der Waals surface area contributed by atoms with Gasteiger partial charge in [0.2, 0.25) is 5.91 Å². The molecule has 6 heteroatoms. The van der Waals surface area contributed by atoms with Crippen LogP contribution in [-0.2, 0) is 17.8 Å². The minimum Gasteiger partial charge on any atom is -0.334 e. The van der Waals surface area contributed by atoms with Crippen LogP contribution in [0.25, 0.3) is 0 Å².